The number of likely N-dealkylation sites (N-methyl/N-ethyl adjacent to an activating group) is 3. The largest absolute Gasteiger partial charge is 0.392 e. The third kappa shape index (κ3) is 13.2. The van der Waals surface area contributed by atoms with Gasteiger partial charge in [-0.1, -0.05) is 27.7 Å². The molecule has 0 aromatic carbocycles. The molecule has 0 amide bonds. The van der Waals surface area contributed by atoms with Gasteiger partial charge < -0.3 is 30.0 Å². The van der Waals surface area contributed by atoms with Gasteiger partial charge in [-0.05, 0) is 100 Å². The molecule has 0 aromatic heterocycles. The van der Waals surface area contributed by atoms with Crippen LogP contribution in [0.2, 0.25) is 0 Å². The van der Waals surface area contributed by atoms with E-state index in [0.717, 1.165) is 38.9 Å². The van der Waals surface area contributed by atoms with Crippen LogP contribution in [0.3, 0.4) is 0 Å². The Kier molecular flexibility index (Phi) is 20.5. The molecule has 31 heavy (non-hydrogen) atoms. The van der Waals surface area contributed by atoms with Crippen molar-refractivity contribution in [1.29, 1.82) is 0 Å². The summed E-state index contributed by atoms with van der Waals surface area (Å²) < 4.78 is 0. The minimum atomic E-state index is -0.155. The van der Waals surface area contributed by atoms with Crippen molar-refractivity contribution in [3.63, 3.8) is 0 Å². The van der Waals surface area contributed by atoms with Crippen molar-refractivity contribution in [2.75, 3.05) is 40.8 Å². The lowest BCUT2D eigenvalue weighted by Crippen LogP contribution is -2.34. The lowest BCUT2D eigenvalue weighted by atomic mass is 10.1. The Morgan fingerprint density at radius 3 is 0.774 bits per heavy atom. The molecule has 3 saturated heterocycles. The maximum atomic E-state index is 9.18. The Balaban J connectivity index is 0. The molecule has 0 aliphatic carbocycles. The Bertz CT molecular complexity index is 337. The first kappa shape index (κ1) is 32.9. The van der Waals surface area contributed by atoms with E-state index in [1.807, 2.05) is 48.5 Å². The average molecular weight is 448 g/mol. The highest BCUT2D eigenvalue weighted by Crippen LogP contribution is 2.18. The standard InChI is InChI=1S/3C7H15NO.2C2H6/c3*1-6(9)7-4-3-5-8(7)2;2*1-2/h3*6-7,9H,3-5H2,1-2H3;2*1-2H3/t2*6?,7-;;;/m00.../s1. The SMILES string of the molecule is CC.CC.CC(O)C1CCCN1C.CC(O)[C@@H]1CCCN1C.CC(O)[C@@H]1CCCN1C. The molecule has 0 radical (unpaired) electrons. The van der Waals surface area contributed by atoms with Crippen molar-refractivity contribution in [3.8, 4) is 0 Å². The Hall–Kier alpha value is -0.240. The van der Waals surface area contributed by atoms with Crippen molar-refractivity contribution in [2.24, 2.45) is 0 Å². The molecule has 0 spiro atoms. The van der Waals surface area contributed by atoms with Crippen LogP contribution in [0.5, 0.6) is 0 Å². The van der Waals surface area contributed by atoms with Crippen LogP contribution in [-0.2, 0) is 0 Å². The second-order valence-electron chi connectivity index (χ2n) is 8.79. The number of hydrogen-bond acceptors (Lipinski definition) is 6. The summed E-state index contributed by atoms with van der Waals surface area (Å²) in [6.45, 7) is 17.0. The van der Waals surface area contributed by atoms with Gasteiger partial charge >= 0.3 is 0 Å². The number of likely N-dealkylation sites (tertiary alicyclic amines) is 3. The van der Waals surface area contributed by atoms with Crippen LogP contribution < -0.4 is 0 Å². The van der Waals surface area contributed by atoms with Crippen LogP contribution in [0.25, 0.3) is 0 Å². The third-order valence-corrected chi connectivity index (χ3v) is 6.40. The van der Waals surface area contributed by atoms with Gasteiger partial charge in [0.15, 0.2) is 0 Å². The molecule has 3 fully saturated rings. The molecule has 0 aromatic rings. The molecule has 6 nitrogen and oxygen atoms in total. The minimum Gasteiger partial charge on any atom is -0.392 e. The quantitative estimate of drug-likeness (QED) is 0.616. The van der Waals surface area contributed by atoms with E-state index >= 15 is 0 Å². The van der Waals surface area contributed by atoms with E-state index in [2.05, 4.69) is 35.8 Å². The molecule has 6 heteroatoms. The summed E-state index contributed by atoms with van der Waals surface area (Å²) in [4.78, 5) is 6.68. The zero-order chi connectivity index (χ0) is 24.6. The monoisotopic (exact) mass is 447 g/mol. The maximum absolute atomic E-state index is 9.18. The van der Waals surface area contributed by atoms with Gasteiger partial charge in [-0.15, -0.1) is 0 Å². The summed E-state index contributed by atoms with van der Waals surface area (Å²) in [7, 11) is 6.22. The van der Waals surface area contributed by atoms with Crippen LogP contribution in [0, 0.1) is 0 Å². The van der Waals surface area contributed by atoms with E-state index in [4.69, 9.17) is 0 Å². The topological polar surface area (TPSA) is 70.4 Å². The predicted octanol–water partition coefficient (Wildman–Crippen LogP) is 3.44. The first-order chi connectivity index (χ1) is 14.6. The first-order valence-corrected chi connectivity index (χ1v) is 12.8. The van der Waals surface area contributed by atoms with Gasteiger partial charge in [0, 0.05) is 18.1 Å². The molecule has 6 atom stereocenters. The second kappa shape index (κ2) is 19.2. The molecule has 0 bridgehead atoms. The van der Waals surface area contributed by atoms with E-state index in [1.54, 1.807) is 0 Å². The Labute approximate surface area is 194 Å². The van der Waals surface area contributed by atoms with Crippen LogP contribution in [-0.4, -0.2) is 107 Å². The van der Waals surface area contributed by atoms with Crippen molar-refractivity contribution in [1.82, 2.24) is 14.7 Å². The molecule has 3 aliphatic heterocycles. The van der Waals surface area contributed by atoms with Crippen LogP contribution in [0.1, 0.15) is 87.0 Å². The van der Waals surface area contributed by atoms with E-state index in [-0.39, 0.29) is 18.3 Å². The minimum absolute atomic E-state index is 0.155. The van der Waals surface area contributed by atoms with Crippen molar-refractivity contribution >= 4 is 0 Å². The van der Waals surface area contributed by atoms with Crippen molar-refractivity contribution < 1.29 is 15.3 Å². The van der Waals surface area contributed by atoms with E-state index in [1.165, 1.54) is 19.3 Å². The zero-order valence-electron chi connectivity index (χ0n) is 22.5. The van der Waals surface area contributed by atoms with Gasteiger partial charge in [0.05, 0.1) is 18.3 Å². The third-order valence-electron chi connectivity index (χ3n) is 6.40. The van der Waals surface area contributed by atoms with Crippen LogP contribution >= 0.6 is 0 Å². The molecule has 4 unspecified atom stereocenters. The van der Waals surface area contributed by atoms with Gasteiger partial charge in [-0.3, -0.25) is 0 Å². The fourth-order valence-electron chi connectivity index (χ4n) is 4.64. The van der Waals surface area contributed by atoms with E-state index in [9.17, 15) is 15.3 Å². The van der Waals surface area contributed by atoms with Crippen molar-refractivity contribution in [2.45, 2.75) is 123 Å². The highest BCUT2D eigenvalue weighted by atomic mass is 16.3. The van der Waals surface area contributed by atoms with E-state index < -0.39 is 0 Å². The maximum Gasteiger partial charge on any atom is 0.0667 e. The Morgan fingerprint density at radius 2 is 0.710 bits per heavy atom. The van der Waals surface area contributed by atoms with Gasteiger partial charge in [0.2, 0.25) is 0 Å². The molecular weight excluding hydrogens is 390 g/mol. The van der Waals surface area contributed by atoms with Crippen LogP contribution in [0.4, 0.5) is 0 Å². The summed E-state index contributed by atoms with van der Waals surface area (Å²) in [6.07, 6.45) is 6.74. The lowest BCUT2D eigenvalue weighted by molar-refractivity contribution is 0.101. The molecule has 190 valence electrons. The van der Waals surface area contributed by atoms with E-state index in [0.29, 0.717) is 18.1 Å². The number of hydrogen-bond donors (Lipinski definition) is 3. The highest BCUT2D eigenvalue weighted by Gasteiger charge is 2.25. The summed E-state index contributed by atoms with van der Waals surface area (Å²) in [5.74, 6) is 0. The molecule has 3 rings (SSSR count). The van der Waals surface area contributed by atoms with Crippen LogP contribution in [0.15, 0.2) is 0 Å². The van der Waals surface area contributed by atoms with Gasteiger partial charge in [0.1, 0.15) is 0 Å². The molecular formula is C25H57N3O3. The fourth-order valence-corrected chi connectivity index (χ4v) is 4.64. The number of rotatable bonds is 3. The lowest BCUT2D eigenvalue weighted by Gasteiger charge is -2.21. The molecule has 3 N–H and O–H groups in total. The van der Waals surface area contributed by atoms with Gasteiger partial charge in [-0.25, -0.2) is 0 Å². The summed E-state index contributed by atoms with van der Waals surface area (Å²) in [5.41, 5.74) is 0. The second-order valence-corrected chi connectivity index (χ2v) is 8.79. The smallest absolute Gasteiger partial charge is 0.0667 e. The molecule has 3 aliphatic rings. The van der Waals surface area contributed by atoms with Crippen molar-refractivity contribution in [3.05, 3.63) is 0 Å². The summed E-state index contributed by atoms with van der Waals surface area (Å²) >= 11 is 0. The fraction of sp³-hybridized carbons (Fsp3) is 1.00. The first-order valence-electron chi connectivity index (χ1n) is 12.8. The zero-order valence-corrected chi connectivity index (χ0v) is 22.5. The Morgan fingerprint density at radius 1 is 0.516 bits per heavy atom. The number of aliphatic hydroxyl groups is 3. The van der Waals surface area contributed by atoms with Gasteiger partial charge in [0.25, 0.3) is 0 Å². The number of nitrogens with zero attached hydrogens (tertiary/aromatic N) is 3. The normalized spacial score (nSPS) is 29.1. The summed E-state index contributed by atoms with van der Waals surface area (Å²) in [6, 6.07) is 1.26. The predicted molar refractivity (Wildman–Crippen MR) is 135 cm³/mol. The molecule has 0 saturated carbocycles. The van der Waals surface area contributed by atoms with Gasteiger partial charge in [-0.2, -0.15) is 0 Å². The molecule has 3 heterocycles. The number of aliphatic hydroxyl groups excluding tert-OH is 3. The average Bonchev–Trinajstić information content (AvgIpc) is 3.47. The highest BCUT2D eigenvalue weighted by molar-refractivity contribution is 4.81. The summed E-state index contributed by atoms with van der Waals surface area (Å²) in [5, 5.41) is 27.5.